The Balaban J connectivity index is 2.16. The fourth-order valence-electron chi connectivity index (χ4n) is 2.34. The average molecular weight is 313 g/mol. The molecule has 0 radical (unpaired) electrons. The number of carboxylic acid groups (broad SMARTS) is 1. The summed E-state index contributed by atoms with van der Waals surface area (Å²) in [6.45, 7) is 2.77. The molecule has 0 amide bonds. The monoisotopic (exact) mass is 313 g/mol. The van der Waals surface area contributed by atoms with Crippen molar-refractivity contribution in [3.63, 3.8) is 0 Å². The van der Waals surface area contributed by atoms with Crippen LogP contribution in [0.4, 0.5) is 5.69 Å². The molecule has 2 rings (SSSR count). The van der Waals surface area contributed by atoms with Crippen molar-refractivity contribution in [1.82, 2.24) is 4.72 Å². The maximum Gasteiger partial charge on any atom is 0.325 e. The molecule has 7 nitrogen and oxygen atoms in total. The standard InChI is InChI=1S/C13H19N3O4S/c1-2-15-21(19,20)11-5-3-10(4-6-11)16-8-7-13(14,9-16)12(17)18/h3-6,15H,2,7-9,14H2,1H3,(H,17,18). The number of hydrogen-bond acceptors (Lipinski definition) is 5. The Kier molecular flexibility index (Phi) is 4.22. The molecular formula is C13H19N3O4S. The van der Waals surface area contributed by atoms with Gasteiger partial charge < -0.3 is 15.7 Å². The zero-order valence-corrected chi connectivity index (χ0v) is 12.6. The van der Waals surface area contributed by atoms with E-state index in [9.17, 15) is 13.2 Å². The molecule has 1 atom stereocenters. The van der Waals surface area contributed by atoms with Gasteiger partial charge in [-0.2, -0.15) is 0 Å². The topological polar surface area (TPSA) is 113 Å². The van der Waals surface area contributed by atoms with E-state index in [0.717, 1.165) is 5.69 Å². The van der Waals surface area contributed by atoms with Crippen LogP contribution in [0.25, 0.3) is 0 Å². The molecule has 1 aliphatic rings. The van der Waals surface area contributed by atoms with Gasteiger partial charge in [-0.05, 0) is 30.7 Å². The SMILES string of the molecule is CCNS(=O)(=O)c1ccc(N2CCC(N)(C(=O)O)C2)cc1. The first-order chi connectivity index (χ1) is 9.78. The molecule has 1 aliphatic heterocycles. The zero-order valence-electron chi connectivity index (χ0n) is 11.7. The Morgan fingerprint density at radius 3 is 2.52 bits per heavy atom. The number of carbonyl (C=O) groups is 1. The van der Waals surface area contributed by atoms with Gasteiger partial charge in [0.15, 0.2) is 0 Å². The smallest absolute Gasteiger partial charge is 0.325 e. The Hall–Kier alpha value is -1.64. The molecule has 8 heteroatoms. The van der Waals surface area contributed by atoms with Crippen molar-refractivity contribution in [2.24, 2.45) is 5.73 Å². The molecule has 0 aromatic heterocycles. The quantitative estimate of drug-likeness (QED) is 0.704. The van der Waals surface area contributed by atoms with Crippen LogP contribution in [-0.2, 0) is 14.8 Å². The van der Waals surface area contributed by atoms with Crippen molar-refractivity contribution in [3.05, 3.63) is 24.3 Å². The first kappa shape index (κ1) is 15.7. The molecule has 1 fully saturated rings. The van der Waals surface area contributed by atoms with Crippen molar-refractivity contribution in [2.75, 3.05) is 24.5 Å². The molecule has 0 bridgehead atoms. The van der Waals surface area contributed by atoms with E-state index in [4.69, 9.17) is 10.8 Å². The Morgan fingerprint density at radius 2 is 2.05 bits per heavy atom. The summed E-state index contributed by atoms with van der Waals surface area (Å²) in [5.74, 6) is -1.02. The largest absolute Gasteiger partial charge is 0.480 e. The second-order valence-electron chi connectivity index (χ2n) is 5.13. The Morgan fingerprint density at radius 1 is 1.43 bits per heavy atom. The fraction of sp³-hybridized carbons (Fsp3) is 0.462. The predicted octanol–water partition coefficient (Wildman–Crippen LogP) is -0.0230. The van der Waals surface area contributed by atoms with Gasteiger partial charge in [-0.3, -0.25) is 4.79 Å². The molecule has 0 spiro atoms. The van der Waals surface area contributed by atoms with Gasteiger partial charge in [0.05, 0.1) is 4.90 Å². The highest BCUT2D eigenvalue weighted by molar-refractivity contribution is 7.89. The minimum absolute atomic E-state index is 0.185. The summed E-state index contributed by atoms with van der Waals surface area (Å²) in [7, 11) is -3.47. The molecule has 1 aromatic rings. The lowest BCUT2D eigenvalue weighted by Crippen LogP contribution is -2.50. The van der Waals surface area contributed by atoms with E-state index >= 15 is 0 Å². The van der Waals surface area contributed by atoms with Gasteiger partial charge in [0.1, 0.15) is 5.54 Å². The molecule has 1 aromatic carbocycles. The van der Waals surface area contributed by atoms with Crippen molar-refractivity contribution in [3.8, 4) is 0 Å². The number of sulfonamides is 1. The van der Waals surface area contributed by atoms with E-state index < -0.39 is 21.5 Å². The lowest BCUT2D eigenvalue weighted by atomic mass is 10.0. The lowest BCUT2D eigenvalue weighted by Gasteiger charge is -2.21. The number of hydrogen-bond donors (Lipinski definition) is 3. The van der Waals surface area contributed by atoms with Crippen LogP contribution in [0.2, 0.25) is 0 Å². The van der Waals surface area contributed by atoms with Crippen LogP contribution in [0.5, 0.6) is 0 Å². The summed E-state index contributed by atoms with van der Waals surface area (Å²) in [5, 5.41) is 9.11. The minimum Gasteiger partial charge on any atom is -0.480 e. The first-order valence-corrected chi connectivity index (χ1v) is 8.14. The van der Waals surface area contributed by atoms with Crippen LogP contribution in [0.15, 0.2) is 29.2 Å². The van der Waals surface area contributed by atoms with E-state index in [-0.39, 0.29) is 11.4 Å². The van der Waals surface area contributed by atoms with E-state index in [1.807, 2.05) is 4.90 Å². The molecule has 116 valence electrons. The molecule has 0 saturated carbocycles. The molecule has 1 saturated heterocycles. The Bertz CT molecular complexity index is 629. The van der Waals surface area contributed by atoms with Gasteiger partial charge in [-0.25, -0.2) is 13.1 Å². The third-order valence-corrected chi connectivity index (χ3v) is 5.13. The van der Waals surface area contributed by atoms with E-state index in [1.54, 1.807) is 19.1 Å². The lowest BCUT2D eigenvalue weighted by molar-refractivity contribution is -0.142. The molecule has 4 N–H and O–H groups in total. The van der Waals surface area contributed by atoms with Gasteiger partial charge in [0.2, 0.25) is 10.0 Å². The highest BCUT2D eigenvalue weighted by Gasteiger charge is 2.41. The summed E-state index contributed by atoms with van der Waals surface area (Å²) in [5.41, 5.74) is 5.34. The molecule has 1 heterocycles. The van der Waals surface area contributed by atoms with E-state index in [2.05, 4.69) is 4.72 Å². The minimum atomic E-state index is -3.47. The van der Waals surface area contributed by atoms with Gasteiger partial charge in [-0.15, -0.1) is 0 Å². The first-order valence-electron chi connectivity index (χ1n) is 6.65. The number of nitrogens with zero attached hydrogens (tertiary/aromatic N) is 1. The van der Waals surface area contributed by atoms with Crippen LogP contribution in [0.3, 0.4) is 0 Å². The van der Waals surface area contributed by atoms with Crippen LogP contribution in [0, 0.1) is 0 Å². The predicted molar refractivity (Wildman–Crippen MR) is 78.7 cm³/mol. The summed E-state index contributed by atoms with van der Waals surface area (Å²) >= 11 is 0. The summed E-state index contributed by atoms with van der Waals surface area (Å²) in [6, 6.07) is 6.34. The van der Waals surface area contributed by atoms with Crippen LogP contribution in [-0.4, -0.2) is 44.7 Å². The molecular weight excluding hydrogens is 294 g/mol. The van der Waals surface area contributed by atoms with Crippen LogP contribution in [0.1, 0.15) is 13.3 Å². The highest BCUT2D eigenvalue weighted by Crippen LogP contribution is 2.26. The average Bonchev–Trinajstić information content (AvgIpc) is 2.83. The number of anilines is 1. The fourth-order valence-corrected chi connectivity index (χ4v) is 3.38. The van der Waals surface area contributed by atoms with Gasteiger partial charge in [0, 0.05) is 25.3 Å². The second kappa shape index (κ2) is 5.63. The maximum absolute atomic E-state index is 11.8. The summed E-state index contributed by atoms with van der Waals surface area (Å²) in [6.07, 6.45) is 0.361. The second-order valence-corrected chi connectivity index (χ2v) is 6.90. The number of nitrogens with one attached hydrogen (secondary N) is 1. The zero-order chi connectivity index (χ0) is 15.7. The van der Waals surface area contributed by atoms with Gasteiger partial charge in [-0.1, -0.05) is 6.92 Å². The normalized spacial score (nSPS) is 22.5. The van der Waals surface area contributed by atoms with Crippen LogP contribution >= 0.6 is 0 Å². The summed E-state index contributed by atoms with van der Waals surface area (Å²) < 4.78 is 26.1. The number of nitrogens with two attached hydrogens (primary N) is 1. The molecule has 1 unspecified atom stereocenters. The molecule has 0 aliphatic carbocycles. The third-order valence-electron chi connectivity index (χ3n) is 3.57. The van der Waals surface area contributed by atoms with Crippen molar-refractivity contribution >= 4 is 21.7 Å². The number of benzene rings is 1. The third kappa shape index (κ3) is 3.17. The summed E-state index contributed by atoms with van der Waals surface area (Å²) in [4.78, 5) is 13.1. The van der Waals surface area contributed by atoms with Gasteiger partial charge >= 0.3 is 5.97 Å². The number of aliphatic carboxylic acids is 1. The van der Waals surface area contributed by atoms with E-state index in [1.165, 1.54) is 12.1 Å². The maximum atomic E-state index is 11.8. The van der Waals surface area contributed by atoms with Crippen molar-refractivity contribution < 1.29 is 18.3 Å². The van der Waals surface area contributed by atoms with E-state index in [0.29, 0.717) is 19.5 Å². The Labute approximate surface area is 123 Å². The highest BCUT2D eigenvalue weighted by atomic mass is 32.2. The van der Waals surface area contributed by atoms with Crippen molar-refractivity contribution in [1.29, 1.82) is 0 Å². The van der Waals surface area contributed by atoms with Crippen LogP contribution < -0.4 is 15.4 Å². The number of carboxylic acids is 1. The van der Waals surface area contributed by atoms with Crippen molar-refractivity contribution in [2.45, 2.75) is 23.8 Å². The molecule has 21 heavy (non-hydrogen) atoms. The number of rotatable bonds is 5. The van der Waals surface area contributed by atoms with Gasteiger partial charge in [0.25, 0.3) is 0 Å².